The summed E-state index contributed by atoms with van der Waals surface area (Å²) >= 11 is 0. The van der Waals surface area contributed by atoms with Crippen molar-refractivity contribution in [1.82, 2.24) is 15.0 Å². The normalized spacial score (nSPS) is 10.9. The fourth-order valence-corrected chi connectivity index (χ4v) is 2.64. The summed E-state index contributed by atoms with van der Waals surface area (Å²) in [6.45, 7) is 6.79. The van der Waals surface area contributed by atoms with Crippen molar-refractivity contribution in [3.05, 3.63) is 66.1 Å². The maximum absolute atomic E-state index is 4.43. The molecule has 0 fully saturated rings. The van der Waals surface area contributed by atoms with E-state index in [1.54, 1.807) is 12.4 Å². The van der Waals surface area contributed by atoms with Crippen LogP contribution < -0.4 is 16.0 Å². The minimum Gasteiger partial charge on any atom is -0.384 e. The summed E-state index contributed by atoms with van der Waals surface area (Å²) in [5.74, 6) is 2.38. The van der Waals surface area contributed by atoms with Crippen LogP contribution in [0.5, 0.6) is 0 Å². The Balaban J connectivity index is 1.49. The lowest BCUT2D eigenvalue weighted by Crippen LogP contribution is -2.03. The zero-order valence-corrected chi connectivity index (χ0v) is 17.6. The van der Waals surface area contributed by atoms with Crippen molar-refractivity contribution in [2.24, 2.45) is 4.99 Å². The van der Waals surface area contributed by atoms with Crippen LogP contribution in [0.4, 0.5) is 23.1 Å². The highest BCUT2D eigenvalue weighted by Crippen LogP contribution is 2.13. The quantitative estimate of drug-likeness (QED) is 0.396. The van der Waals surface area contributed by atoms with E-state index in [9.17, 15) is 0 Å². The Morgan fingerprint density at radius 2 is 1.53 bits per heavy atom. The van der Waals surface area contributed by atoms with Crippen LogP contribution in [0, 0.1) is 0 Å². The number of hydrogen-bond acceptors (Lipinski definition) is 7. The molecule has 7 nitrogen and oxygen atoms in total. The predicted molar refractivity (Wildman–Crippen MR) is 125 cm³/mol. The molecule has 0 aliphatic heterocycles. The number of anilines is 3. The largest absolute Gasteiger partial charge is 0.384 e. The molecule has 3 aromatic rings. The third-order valence-corrected chi connectivity index (χ3v) is 4.31. The highest BCUT2D eigenvalue weighted by Gasteiger charge is 1.99. The Morgan fingerprint density at radius 3 is 2.20 bits per heavy atom. The fourth-order valence-electron chi connectivity index (χ4n) is 2.64. The zero-order chi connectivity index (χ0) is 21.0. The lowest BCUT2D eigenvalue weighted by atomic mass is 10.2. The Kier molecular flexibility index (Phi) is 8.14. The van der Waals surface area contributed by atoms with E-state index in [1.807, 2.05) is 48.8 Å². The molecule has 0 aromatic carbocycles. The van der Waals surface area contributed by atoms with E-state index in [1.165, 1.54) is 0 Å². The molecule has 3 rings (SSSR count). The summed E-state index contributed by atoms with van der Waals surface area (Å²) in [6.07, 6.45) is 9.40. The molecule has 0 bridgehead atoms. The van der Waals surface area contributed by atoms with Crippen molar-refractivity contribution in [2.45, 2.75) is 33.2 Å². The second-order valence-electron chi connectivity index (χ2n) is 6.90. The maximum atomic E-state index is 4.43. The van der Waals surface area contributed by atoms with Crippen LogP contribution in [-0.2, 0) is 6.54 Å². The Bertz CT molecular complexity index is 904. The average molecular weight is 404 g/mol. The highest BCUT2D eigenvalue weighted by molar-refractivity contribution is 5.81. The summed E-state index contributed by atoms with van der Waals surface area (Å²) < 4.78 is 0. The Labute approximate surface area is 178 Å². The number of nitrogens with one attached hydrogen (secondary N) is 3. The number of pyridine rings is 3. The lowest BCUT2D eigenvalue weighted by molar-refractivity contribution is 0.969. The van der Waals surface area contributed by atoms with Gasteiger partial charge in [0.1, 0.15) is 11.6 Å². The molecular formula is C23H29N7. The molecule has 0 aliphatic rings. The van der Waals surface area contributed by atoms with Crippen molar-refractivity contribution in [2.75, 3.05) is 29.0 Å². The first-order valence-electron chi connectivity index (χ1n) is 10.4. The number of aliphatic imine (C=N–C) groups is 1. The van der Waals surface area contributed by atoms with Crippen molar-refractivity contribution in [3.8, 4) is 0 Å². The molecule has 0 saturated carbocycles. The molecule has 0 saturated heterocycles. The molecule has 0 atom stereocenters. The molecule has 0 spiro atoms. The van der Waals surface area contributed by atoms with E-state index in [0.717, 1.165) is 54.4 Å². The van der Waals surface area contributed by atoms with Crippen LogP contribution >= 0.6 is 0 Å². The van der Waals surface area contributed by atoms with E-state index < -0.39 is 0 Å². The highest BCUT2D eigenvalue weighted by atomic mass is 15.0. The van der Waals surface area contributed by atoms with Gasteiger partial charge < -0.3 is 16.0 Å². The van der Waals surface area contributed by atoms with Gasteiger partial charge in [-0.05, 0) is 48.7 Å². The first-order chi connectivity index (χ1) is 14.8. The Hall–Kier alpha value is -3.48. The first kappa shape index (κ1) is 21.2. The third kappa shape index (κ3) is 6.84. The first-order valence-corrected chi connectivity index (χ1v) is 10.4. The van der Waals surface area contributed by atoms with Crippen molar-refractivity contribution in [1.29, 1.82) is 0 Å². The van der Waals surface area contributed by atoms with E-state index >= 15 is 0 Å². The van der Waals surface area contributed by atoms with Crippen molar-refractivity contribution >= 4 is 29.4 Å². The van der Waals surface area contributed by atoms with Crippen LogP contribution in [0.3, 0.4) is 0 Å². The maximum Gasteiger partial charge on any atom is 0.151 e. The van der Waals surface area contributed by atoms with E-state index in [-0.39, 0.29) is 0 Å². The summed E-state index contributed by atoms with van der Waals surface area (Å²) in [7, 11) is 0. The van der Waals surface area contributed by atoms with Crippen LogP contribution in [0.1, 0.15) is 37.8 Å². The van der Waals surface area contributed by atoms with Gasteiger partial charge in [0, 0.05) is 43.8 Å². The Morgan fingerprint density at radius 1 is 0.767 bits per heavy atom. The van der Waals surface area contributed by atoms with Crippen molar-refractivity contribution in [3.63, 3.8) is 0 Å². The van der Waals surface area contributed by atoms with Gasteiger partial charge in [0.15, 0.2) is 5.82 Å². The molecule has 7 heteroatoms. The van der Waals surface area contributed by atoms with Gasteiger partial charge in [-0.25, -0.2) is 19.9 Å². The minimum absolute atomic E-state index is 0.655. The van der Waals surface area contributed by atoms with Crippen LogP contribution in [0.15, 0.2) is 60.0 Å². The number of aromatic nitrogens is 3. The average Bonchev–Trinajstić information content (AvgIpc) is 2.80. The van der Waals surface area contributed by atoms with Crippen LogP contribution in [0.2, 0.25) is 0 Å². The molecule has 0 amide bonds. The molecule has 30 heavy (non-hydrogen) atoms. The smallest absolute Gasteiger partial charge is 0.151 e. The van der Waals surface area contributed by atoms with Gasteiger partial charge in [-0.1, -0.05) is 19.9 Å². The van der Waals surface area contributed by atoms with Gasteiger partial charge in [0.05, 0.1) is 11.9 Å². The van der Waals surface area contributed by atoms with Gasteiger partial charge in [-0.15, -0.1) is 0 Å². The monoisotopic (exact) mass is 403 g/mol. The molecule has 3 aromatic heterocycles. The van der Waals surface area contributed by atoms with Gasteiger partial charge in [0.2, 0.25) is 0 Å². The molecule has 0 aliphatic carbocycles. The fraction of sp³-hybridized carbons (Fsp3) is 0.304. The lowest BCUT2D eigenvalue weighted by Gasteiger charge is -2.08. The standard InChI is InChI=1S/C23H29N7/c1-3-11-24-20-7-10-23(30-17-20)29-16-19-6-9-22(28-15-19)27-14-18-5-8-21(26-13-18)25-12-4-2/h5-10,13-15,17,24H,3-4,11-12,16H2,1-2H3,(H,25,26)(H,29,30)/b27-14+. The van der Waals surface area contributed by atoms with Crippen LogP contribution in [-0.4, -0.2) is 34.3 Å². The van der Waals surface area contributed by atoms with Crippen molar-refractivity contribution < 1.29 is 0 Å². The van der Waals surface area contributed by atoms with Gasteiger partial charge in [-0.3, -0.25) is 0 Å². The number of nitrogens with zero attached hydrogens (tertiary/aromatic N) is 4. The topological polar surface area (TPSA) is 87.1 Å². The van der Waals surface area contributed by atoms with E-state index in [0.29, 0.717) is 12.4 Å². The third-order valence-electron chi connectivity index (χ3n) is 4.31. The number of hydrogen-bond donors (Lipinski definition) is 3. The molecule has 0 radical (unpaired) electrons. The summed E-state index contributed by atoms with van der Waals surface area (Å²) in [4.78, 5) is 17.6. The van der Waals surface area contributed by atoms with Gasteiger partial charge in [0.25, 0.3) is 0 Å². The predicted octanol–water partition coefficient (Wildman–Crippen LogP) is 4.88. The van der Waals surface area contributed by atoms with Crippen LogP contribution in [0.25, 0.3) is 0 Å². The molecule has 0 unspecified atom stereocenters. The van der Waals surface area contributed by atoms with Gasteiger partial charge in [-0.2, -0.15) is 0 Å². The van der Waals surface area contributed by atoms with E-state index in [2.05, 4.69) is 49.7 Å². The molecule has 3 heterocycles. The molecule has 3 N–H and O–H groups in total. The summed E-state index contributed by atoms with van der Waals surface area (Å²) in [5.41, 5.74) is 3.04. The van der Waals surface area contributed by atoms with E-state index in [4.69, 9.17) is 0 Å². The SMILES string of the molecule is CCCNc1ccc(NCc2ccc(/N=C/c3ccc(NCCC)nc3)nc2)nc1. The number of rotatable bonds is 11. The summed E-state index contributed by atoms with van der Waals surface area (Å²) in [5, 5.41) is 9.88. The zero-order valence-electron chi connectivity index (χ0n) is 17.6. The second-order valence-corrected chi connectivity index (χ2v) is 6.90. The molecule has 156 valence electrons. The minimum atomic E-state index is 0.655. The summed E-state index contributed by atoms with van der Waals surface area (Å²) in [6, 6.07) is 11.9. The van der Waals surface area contributed by atoms with Gasteiger partial charge >= 0.3 is 0 Å². The second kappa shape index (κ2) is 11.5. The molecular weight excluding hydrogens is 374 g/mol.